The van der Waals surface area contributed by atoms with Crippen LogP contribution in [-0.4, -0.2) is 12.0 Å². The highest BCUT2D eigenvalue weighted by atomic mass is 16.6. The van der Waals surface area contributed by atoms with E-state index in [9.17, 15) is 10.1 Å². The number of anilines is 2. The van der Waals surface area contributed by atoms with Gasteiger partial charge >= 0.3 is 0 Å². The summed E-state index contributed by atoms with van der Waals surface area (Å²) in [6.07, 6.45) is 0. The Labute approximate surface area is 116 Å². The maximum Gasteiger partial charge on any atom is 0.292 e. The summed E-state index contributed by atoms with van der Waals surface area (Å²) in [4.78, 5) is 10.6. The molecule has 0 radical (unpaired) electrons. The number of hydrogen-bond donors (Lipinski definition) is 2. The number of benzene rings is 2. The lowest BCUT2D eigenvalue weighted by atomic mass is 10.2. The monoisotopic (exact) mass is 273 g/mol. The second kappa shape index (κ2) is 6.03. The lowest BCUT2D eigenvalue weighted by molar-refractivity contribution is -0.383. The molecule has 0 spiro atoms. The third-order valence-electron chi connectivity index (χ3n) is 2.84. The predicted molar refractivity (Wildman–Crippen MR) is 77.3 cm³/mol. The Balaban J connectivity index is 2.37. The third-order valence-corrected chi connectivity index (χ3v) is 2.84. The highest BCUT2D eigenvalue weighted by molar-refractivity contribution is 5.71. The van der Waals surface area contributed by atoms with E-state index in [2.05, 4.69) is 5.32 Å². The summed E-state index contributed by atoms with van der Waals surface area (Å²) < 4.78 is 5.09. The van der Waals surface area contributed by atoms with Crippen molar-refractivity contribution in [3.8, 4) is 5.75 Å². The van der Waals surface area contributed by atoms with Gasteiger partial charge in [-0.05, 0) is 23.8 Å². The van der Waals surface area contributed by atoms with E-state index in [1.165, 1.54) is 13.2 Å². The molecule has 0 atom stereocenters. The average Bonchev–Trinajstić information content (AvgIpc) is 2.47. The lowest BCUT2D eigenvalue weighted by Crippen LogP contribution is -2.00. The molecule has 0 saturated heterocycles. The molecule has 0 fully saturated rings. The van der Waals surface area contributed by atoms with E-state index < -0.39 is 4.92 Å². The van der Waals surface area contributed by atoms with E-state index in [-0.39, 0.29) is 5.69 Å². The minimum Gasteiger partial charge on any atom is -0.497 e. The van der Waals surface area contributed by atoms with Gasteiger partial charge in [0.2, 0.25) is 0 Å². The first-order valence-corrected chi connectivity index (χ1v) is 6.02. The smallest absolute Gasteiger partial charge is 0.292 e. The molecule has 0 saturated carbocycles. The fourth-order valence-corrected chi connectivity index (χ4v) is 1.83. The summed E-state index contributed by atoms with van der Waals surface area (Å²) in [7, 11) is 1.51. The standard InChI is InChI=1S/C14H15N3O3/c1-20-12-5-6-14(17(18)19)13(8-12)16-11-4-2-3-10(7-11)9-15/h2-8,16H,9,15H2,1H3. The van der Waals surface area contributed by atoms with Crippen LogP contribution in [0.2, 0.25) is 0 Å². The van der Waals surface area contributed by atoms with Gasteiger partial charge in [-0.1, -0.05) is 12.1 Å². The van der Waals surface area contributed by atoms with Gasteiger partial charge in [-0.15, -0.1) is 0 Å². The summed E-state index contributed by atoms with van der Waals surface area (Å²) >= 11 is 0. The highest BCUT2D eigenvalue weighted by Gasteiger charge is 2.14. The van der Waals surface area contributed by atoms with Crippen molar-refractivity contribution in [3.63, 3.8) is 0 Å². The van der Waals surface area contributed by atoms with Crippen molar-refractivity contribution in [3.05, 3.63) is 58.1 Å². The minimum absolute atomic E-state index is 0.0102. The highest BCUT2D eigenvalue weighted by Crippen LogP contribution is 2.31. The van der Waals surface area contributed by atoms with Gasteiger partial charge in [0, 0.05) is 24.4 Å². The van der Waals surface area contributed by atoms with E-state index >= 15 is 0 Å². The molecule has 2 aromatic carbocycles. The van der Waals surface area contributed by atoms with Crippen LogP contribution >= 0.6 is 0 Å². The number of rotatable bonds is 5. The molecule has 0 aliphatic rings. The van der Waals surface area contributed by atoms with Gasteiger partial charge in [-0.3, -0.25) is 10.1 Å². The number of nitro groups is 1. The molecule has 0 aromatic heterocycles. The molecular weight excluding hydrogens is 258 g/mol. The number of methoxy groups -OCH3 is 1. The summed E-state index contributed by atoms with van der Waals surface area (Å²) in [6.45, 7) is 0.412. The second-order valence-electron chi connectivity index (χ2n) is 4.17. The van der Waals surface area contributed by atoms with E-state index in [1.807, 2.05) is 24.3 Å². The van der Waals surface area contributed by atoms with Gasteiger partial charge in [0.15, 0.2) is 0 Å². The number of nitrogens with one attached hydrogen (secondary N) is 1. The number of nitrogens with two attached hydrogens (primary N) is 1. The summed E-state index contributed by atoms with van der Waals surface area (Å²) in [5.41, 5.74) is 7.63. The molecule has 0 aliphatic heterocycles. The molecule has 0 unspecified atom stereocenters. The number of ether oxygens (including phenoxy) is 1. The second-order valence-corrected chi connectivity index (χ2v) is 4.17. The van der Waals surface area contributed by atoms with Crippen molar-refractivity contribution in [2.75, 3.05) is 12.4 Å². The molecular formula is C14H15N3O3. The Kier molecular flexibility index (Phi) is 4.17. The van der Waals surface area contributed by atoms with Crippen LogP contribution in [0, 0.1) is 10.1 Å². The van der Waals surface area contributed by atoms with E-state index in [0.29, 0.717) is 18.0 Å². The first-order valence-electron chi connectivity index (χ1n) is 6.02. The van der Waals surface area contributed by atoms with Gasteiger partial charge in [0.1, 0.15) is 11.4 Å². The Hall–Kier alpha value is -2.60. The quantitative estimate of drug-likeness (QED) is 0.645. The van der Waals surface area contributed by atoms with Crippen LogP contribution in [0.15, 0.2) is 42.5 Å². The van der Waals surface area contributed by atoms with Gasteiger partial charge in [0.05, 0.1) is 12.0 Å². The number of nitro benzene ring substituents is 1. The van der Waals surface area contributed by atoms with Crippen LogP contribution in [0.5, 0.6) is 5.75 Å². The zero-order valence-electron chi connectivity index (χ0n) is 11.0. The topological polar surface area (TPSA) is 90.4 Å². The molecule has 2 aromatic rings. The van der Waals surface area contributed by atoms with Crippen LogP contribution in [0.3, 0.4) is 0 Å². The Bertz CT molecular complexity index is 629. The predicted octanol–water partition coefficient (Wildman–Crippen LogP) is 2.81. The summed E-state index contributed by atoms with van der Waals surface area (Å²) in [6, 6.07) is 12.0. The van der Waals surface area contributed by atoms with Crippen LogP contribution in [0.4, 0.5) is 17.1 Å². The average molecular weight is 273 g/mol. The van der Waals surface area contributed by atoms with Gasteiger partial charge < -0.3 is 15.8 Å². The Morgan fingerprint density at radius 3 is 2.75 bits per heavy atom. The molecule has 0 heterocycles. The fraction of sp³-hybridized carbons (Fsp3) is 0.143. The largest absolute Gasteiger partial charge is 0.497 e. The molecule has 2 rings (SSSR count). The minimum atomic E-state index is -0.436. The summed E-state index contributed by atoms with van der Waals surface area (Å²) in [5, 5.41) is 14.1. The molecule has 0 amide bonds. The van der Waals surface area contributed by atoms with Crippen LogP contribution in [-0.2, 0) is 6.54 Å². The molecule has 0 aliphatic carbocycles. The molecule has 104 valence electrons. The van der Waals surface area contributed by atoms with Crippen molar-refractivity contribution >= 4 is 17.1 Å². The zero-order chi connectivity index (χ0) is 14.5. The fourth-order valence-electron chi connectivity index (χ4n) is 1.83. The van der Waals surface area contributed by atoms with Gasteiger partial charge in [-0.2, -0.15) is 0 Å². The van der Waals surface area contributed by atoms with Gasteiger partial charge in [0.25, 0.3) is 5.69 Å². The first kappa shape index (κ1) is 13.8. The molecule has 3 N–H and O–H groups in total. The van der Waals surface area contributed by atoms with Crippen molar-refractivity contribution in [1.29, 1.82) is 0 Å². The lowest BCUT2D eigenvalue weighted by Gasteiger charge is -2.09. The van der Waals surface area contributed by atoms with E-state index in [4.69, 9.17) is 10.5 Å². The Morgan fingerprint density at radius 1 is 1.30 bits per heavy atom. The number of nitrogens with zero attached hydrogens (tertiary/aromatic N) is 1. The van der Waals surface area contributed by atoms with E-state index in [0.717, 1.165) is 11.3 Å². The van der Waals surface area contributed by atoms with Crippen molar-refractivity contribution in [1.82, 2.24) is 0 Å². The van der Waals surface area contributed by atoms with Crippen LogP contribution < -0.4 is 15.8 Å². The SMILES string of the molecule is COc1ccc([N+](=O)[O-])c(Nc2cccc(CN)c2)c1. The number of hydrogen-bond acceptors (Lipinski definition) is 5. The molecule has 6 heteroatoms. The van der Waals surface area contributed by atoms with Crippen LogP contribution in [0.25, 0.3) is 0 Å². The Morgan fingerprint density at radius 2 is 2.10 bits per heavy atom. The molecule has 6 nitrogen and oxygen atoms in total. The van der Waals surface area contributed by atoms with Crippen molar-refractivity contribution < 1.29 is 9.66 Å². The third kappa shape index (κ3) is 3.04. The molecule has 0 bridgehead atoms. The van der Waals surface area contributed by atoms with Crippen molar-refractivity contribution in [2.45, 2.75) is 6.54 Å². The zero-order valence-corrected chi connectivity index (χ0v) is 11.0. The van der Waals surface area contributed by atoms with Gasteiger partial charge in [-0.25, -0.2) is 0 Å². The molecule has 20 heavy (non-hydrogen) atoms. The summed E-state index contributed by atoms with van der Waals surface area (Å²) in [5.74, 6) is 0.549. The normalized spacial score (nSPS) is 10.1. The first-order chi connectivity index (χ1) is 9.63. The maximum absolute atomic E-state index is 11.0. The maximum atomic E-state index is 11.0. The van der Waals surface area contributed by atoms with Crippen LogP contribution in [0.1, 0.15) is 5.56 Å². The van der Waals surface area contributed by atoms with Crippen molar-refractivity contribution in [2.24, 2.45) is 5.73 Å². The van der Waals surface area contributed by atoms with E-state index in [1.54, 1.807) is 12.1 Å².